The summed E-state index contributed by atoms with van der Waals surface area (Å²) in [4.78, 5) is 24.2. The van der Waals surface area contributed by atoms with E-state index in [4.69, 9.17) is 0 Å². The lowest BCUT2D eigenvalue weighted by atomic mass is 10.1. The van der Waals surface area contributed by atoms with Crippen LogP contribution < -0.4 is 10.6 Å². The van der Waals surface area contributed by atoms with Gasteiger partial charge in [0.15, 0.2) is 0 Å². The van der Waals surface area contributed by atoms with Crippen LogP contribution in [0.1, 0.15) is 35.3 Å². The second-order valence-electron chi connectivity index (χ2n) is 5.93. The Balaban J connectivity index is 2.17. The molecule has 120 valence electrons. The van der Waals surface area contributed by atoms with Crippen molar-refractivity contribution in [3.63, 3.8) is 0 Å². The van der Waals surface area contributed by atoms with Gasteiger partial charge in [-0.25, -0.2) is 0 Å². The molecule has 0 saturated heterocycles. The van der Waals surface area contributed by atoms with Crippen LogP contribution in [0, 0.1) is 19.8 Å². The summed E-state index contributed by atoms with van der Waals surface area (Å²) in [5.41, 5.74) is 4.10. The lowest BCUT2D eigenvalue weighted by molar-refractivity contribution is -0.118. The number of hydrogen-bond acceptors (Lipinski definition) is 2. The zero-order chi connectivity index (χ0) is 17.0. The van der Waals surface area contributed by atoms with Crippen LogP contribution in [0.3, 0.4) is 0 Å². The molecule has 2 N–H and O–H groups in total. The molecule has 0 fully saturated rings. The minimum atomic E-state index is -0.195. The van der Waals surface area contributed by atoms with Crippen LogP contribution in [-0.4, -0.2) is 11.8 Å². The highest BCUT2D eigenvalue weighted by Crippen LogP contribution is 2.20. The molecule has 2 rings (SSSR count). The van der Waals surface area contributed by atoms with Crippen molar-refractivity contribution in [2.24, 2.45) is 5.92 Å². The summed E-state index contributed by atoms with van der Waals surface area (Å²) in [6.07, 6.45) is 0. The topological polar surface area (TPSA) is 58.2 Å². The smallest absolute Gasteiger partial charge is 0.255 e. The number of rotatable bonds is 4. The van der Waals surface area contributed by atoms with Gasteiger partial charge in [-0.3, -0.25) is 9.59 Å². The molecule has 2 aromatic rings. The van der Waals surface area contributed by atoms with Crippen LogP contribution >= 0.6 is 0 Å². The number of carbonyl (C=O) groups is 2. The first-order valence-corrected chi connectivity index (χ1v) is 7.67. The van der Waals surface area contributed by atoms with Gasteiger partial charge in [-0.05, 0) is 49.2 Å². The van der Waals surface area contributed by atoms with Crippen LogP contribution in [0.15, 0.2) is 42.5 Å². The van der Waals surface area contributed by atoms with E-state index in [-0.39, 0.29) is 17.7 Å². The van der Waals surface area contributed by atoms with Crippen molar-refractivity contribution in [2.45, 2.75) is 27.7 Å². The number of benzene rings is 2. The third kappa shape index (κ3) is 4.19. The predicted molar refractivity (Wildman–Crippen MR) is 93.8 cm³/mol. The Morgan fingerprint density at radius 2 is 1.65 bits per heavy atom. The van der Waals surface area contributed by atoms with Crippen molar-refractivity contribution in [3.05, 3.63) is 59.2 Å². The Hall–Kier alpha value is -2.62. The highest BCUT2D eigenvalue weighted by molar-refractivity contribution is 6.05. The van der Waals surface area contributed by atoms with Crippen molar-refractivity contribution < 1.29 is 9.59 Å². The van der Waals surface area contributed by atoms with E-state index in [0.717, 1.165) is 16.8 Å². The number of amides is 2. The molecule has 4 nitrogen and oxygen atoms in total. The Morgan fingerprint density at radius 3 is 2.35 bits per heavy atom. The minimum Gasteiger partial charge on any atom is -0.326 e. The first kappa shape index (κ1) is 16.7. The van der Waals surface area contributed by atoms with Gasteiger partial charge in [0.1, 0.15) is 0 Å². The van der Waals surface area contributed by atoms with Crippen molar-refractivity contribution >= 4 is 23.2 Å². The molecular weight excluding hydrogens is 288 g/mol. The van der Waals surface area contributed by atoms with E-state index in [9.17, 15) is 9.59 Å². The lowest BCUT2D eigenvalue weighted by Crippen LogP contribution is -2.18. The molecule has 2 amide bonds. The third-order valence-electron chi connectivity index (χ3n) is 3.77. The summed E-state index contributed by atoms with van der Waals surface area (Å²) in [5, 5.41) is 5.72. The molecule has 0 aliphatic heterocycles. The minimum absolute atomic E-state index is 0.0721. The van der Waals surface area contributed by atoms with E-state index in [0.29, 0.717) is 11.3 Å². The Morgan fingerprint density at radius 1 is 0.957 bits per heavy atom. The summed E-state index contributed by atoms with van der Waals surface area (Å²) in [6.45, 7) is 7.64. The molecule has 2 aromatic carbocycles. The number of nitrogens with one attached hydrogen (secondary N) is 2. The monoisotopic (exact) mass is 310 g/mol. The van der Waals surface area contributed by atoms with Crippen LogP contribution in [0.2, 0.25) is 0 Å². The maximum Gasteiger partial charge on any atom is 0.255 e. The first-order valence-electron chi connectivity index (χ1n) is 7.67. The van der Waals surface area contributed by atoms with Gasteiger partial charge in [0, 0.05) is 22.9 Å². The molecule has 0 aliphatic rings. The van der Waals surface area contributed by atoms with E-state index in [2.05, 4.69) is 10.6 Å². The third-order valence-corrected chi connectivity index (χ3v) is 3.77. The van der Waals surface area contributed by atoms with Gasteiger partial charge in [-0.15, -0.1) is 0 Å². The summed E-state index contributed by atoms with van der Waals surface area (Å²) in [5.74, 6) is -0.376. The van der Waals surface area contributed by atoms with Gasteiger partial charge in [-0.2, -0.15) is 0 Å². The summed E-state index contributed by atoms with van der Waals surface area (Å²) in [7, 11) is 0. The van der Waals surface area contributed by atoms with Gasteiger partial charge < -0.3 is 10.6 Å². The fourth-order valence-corrected chi connectivity index (χ4v) is 2.11. The van der Waals surface area contributed by atoms with Crippen molar-refractivity contribution in [3.8, 4) is 0 Å². The van der Waals surface area contributed by atoms with Gasteiger partial charge in [0.05, 0.1) is 0 Å². The second-order valence-corrected chi connectivity index (χ2v) is 5.93. The molecule has 0 saturated carbocycles. The van der Waals surface area contributed by atoms with Gasteiger partial charge in [0.2, 0.25) is 5.91 Å². The molecule has 0 radical (unpaired) electrons. The Kier molecular flexibility index (Phi) is 5.16. The molecule has 0 aromatic heterocycles. The quantitative estimate of drug-likeness (QED) is 0.891. The molecular formula is C19H22N2O2. The molecule has 0 heterocycles. The standard InChI is InChI=1S/C19H22N2O2/c1-12(2)18(22)20-16-9-6-8-15(11-16)19(23)21-17-10-5-7-13(3)14(17)4/h5-12H,1-4H3,(H,20,22)(H,21,23). The summed E-state index contributed by atoms with van der Waals surface area (Å²) < 4.78 is 0. The lowest BCUT2D eigenvalue weighted by Gasteiger charge is -2.12. The van der Waals surface area contributed by atoms with Gasteiger partial charge >= 0.3 is 0 Å². The highest BCUT2D eigenvalue weighted by Gasteiger charge is 2.11. The van der Waals surface area contributed by atoms with Crippen molar-refractivity contribution in [1.29, 1.82) is 0 Å². The zero-order valence-corrected chi connectivity index (χ0v) is 13.9. The molecule has 0 aliphatic carbocycles. The molecule has 0 bridgehead atoms. The van der Waals surface area contributed by atoms with Crippen LogP contribution in [0.5, 0.6) is 0 Å². The van der Waals surface area contributed by atoms with Crippen LogP contribution in [0.4, 0.5) is 11.4 Å². The molecule has 4 heteroatoms. The molecule has 0 atom stereocenters. The first-order chi connectivity index (χ1) is 10.9. The van der Waals surface area contributed by atoms with E-state index in [1.807, 2.05) is 45.9 Å². The van der Waals surface area contributed by atoms with Crippen LogP contribution in [-0.2, 0) is 4.79 Å². The molecule has 23 heavy (non-hydrogen) atoms. The fourth-order valence-electron chi connectivity index (χ4n) is 2.11. The van der Waals surface area contributed by atoms with E-state index >= 15 is 0 Å². The van der Waals surface area contributed by atoms with Gasteiger partial charge in [0.25, 0.3) is 5.91 Å². The maximum absolute atomic E-state index is 12.4. The average Bonchev–Trinajstić information content (AvgIpc) is 2.52. The number of aryl methyl sites for hydroxylation is 1. The normalized spacial score (nSPS) is 10.5. The van der Waals surface area contributed by atoms with Gasteiger partial charge in [-0.1, -0.05) is 32.0 Å². The fraction of sp³-hybridized carbons (Fsp3) is 0.263. The number of carbonyl (C=O) groups excluding carboxylic acids is 2. The SMILES string of the molecule is Cc1cccc(NC(=O)c2cccc(NC(=O)C(C)C)c2)c1C. The van der Waals surface area contributed by atoms with E-state index < -0.39 is 0 Å². The zero-order valence-electron chi connectivity index (χ0n) is 13.9. The summed E-state index contributed by atoms with van der Waals surface area (Å²) in [6, 6.07) is 12.7. The molecule has 0 unspecified atom stereocenters. The Labute approximate surface area is 136 Å². The highest BCUT2D eigenvalue weighted by atomic mass is 16.2. The second kappa shape index (κ2) is 7.09. The summed E-state index contributed by atoms with van der Waals surface area (Å²) >= 11 is 0. The van der Waals surface area contributed by atoms with E-state index in [1.54, 1.807) is 24.3 Å². The van der Waals surface area contributed by atoms with Crippen molar-refractivity contribution in [1.82, 2.24) is 0 Å². The van der Waals surface area contributed by atoms with E-state index in [1.165, 1.54) is 0 Å². The van der Waals surface area contributed by atoms with Crippen LogP contribution in [0.25, 0.3) is 0 Å². The predicted octanol–water partition coefficient (Wildman–Crippen LogP) is 4.15. The van der Waals surface area contributed by atoms with Crippen molar-refractivity contribution in [2.75, 3.05) is 10.6 Å². The maximum atomic E-state index is 12.4. The largest absolute Gasteiger partial charge is 0.326 e. The number of hydrogen-bond donors (Lipinski definition) is 2. The molecule has 0 spiro atoms. The Bertz CT molecular complexity index is 736. The number of anilines is 2. The average molecular weight is 310 g/mol.